The van der Waals surface area contributed by atoms with Crippen molar-refractivity contribution in [3.05, 3.63) is 28.8 Å². The summed E-state index contributed by atoms with van der Waals surface area (Å²) in [4.78, 5) is 23.3. The molecule has 0 bridgehead atoms. The van der Waals surface area contributed by atoms with Crippen LogP contribution in [0.4, 0.5) is 0 Å². The van der Waals surface area contributed by atoms with Crippen LogP contribution in [0.3, 0.4) is 0 Å². The van der Waals surface area contributed by atoms with Gasteiger partial charge in [0.2, 0.25) is 11.8 Å². The van der Waals surface area contributed by atoms with E-state index in [1.165, 1.54) is 0 Å². The predicted molar refractivity (Wildman–Crippen MR) is 75.6 cm³/mol. The van der Waals surface area contributed by atoms with Crippen LogP contribution in [0.5, 0.6) is 5.75 Å². The number of carbonyl (C=O) groups excluding carboxylic acids is 2. The van der Waals surface area contributed by atoms with E-state index < -0.39 is 11.4 Å². The number of nitrogens with two attached hydrogens (primary N) is 1. The average molecular weight is 297 g/mol. The number of primary amides is 1. The van der Waals surface area contributed by atoms with Gasteiger partial charge in [-0.05, 0) is 25.8 Å². The number of rotatable bonds is 6. The number of para-hydroxylation sites is 1. The number of ether oxygens (including phenoxy) is 1. The van der Waals surface area contributed by atoms with Gasteiger partial charge < -0.3 is 15.8 Å². The fourth-order valence-electron chi connectivity index (χ4n) is 2.04. The minimum absolute atomic E-state index is 0.102. The highest BCUT2D eigenvalue weighted by atomic mass is 35.5. The largest absolute Gasteiger partial charge is 0.492 e. The van der Waals surface area contributed by atoms with Gasteiger partial charge in [-0.15, -0.1) is 0 Å². The van der Waals surface area contributed by atoms with E-state index in [1.54, 1.807) is 18.2 Å². The van der Waals surface area contributed by atoms with E-state index in [4.69, 9.17) is 22.1 Å². The monoisotopic (exact) mass is 296 g/mol. The summed E-state index contributed by atoms with van der Waals surface area (Å²) in [6.07, 6.45) is 1.30. The Hall–Kier alpha value is -1.75. The van der Waals surface area contributed by atoms with E-state index in [0.29, 0.717) is 35.8 Å². The first-order chi connectivity index (χ1) is 9.48. The van der Waals surface area contributed by atoms with E-state index in [9.17, 15) is 9.59 Å². The van der Waals surface area contributed by atoms with Crippen LogP contribution in [-0.4, -0.2) is 24.0 Å². The van der Waals surface area contributed by atoms with Crippen LogP contribution < -0.4 is 15.8 Å². The fraction of sp³-hybridized carbons (Fsp3) is 0.429. The van der Waals surface area contributed by atoms with Gasteiger partial charge in [-0.1, -0.05) is 23.7 Å². The van der Waals surface area contributed by atoms with Crippen molar-refractivity contribution < 1.29 is 14.3 Å². The number of hydrogen-bond donors (Lipinski definition) is 2. The molecule has 2 rings (SSSR count). The van der Waals surface area contributed by atoms with Gasteiger partial charge in [0.15, 0.2) is 0 Å². The minimum Gasteiger partial charge on any atom is -0.492 e. The summed E-state index contributed by atoms with van der Waals surface area (Å²) < 4.78 is 5.46. The van der Waals surface area contributed by atoms with Gasteiger partial charge in [-0.2, -0.15) is 0 Å². The number of halogens is 1. The van der Waals surface area contributed by atoms with Crippen molar-refractivity contribution >= 4 is 23.4 Å². The van der Waals surface area contributed by atoms with Crippen LogP contribution >= 0.6 is 11.6 Å². The lowest BCUT2D eigenvalue weighted by Gasteiger charge is -2.15. The molecule has 20 heavy (non-hydrogen) atoms. The Bertz CT molecular complexity index is 541. The van der Waals surface area contributed by atoms with Gasteiger partial charge in [-0.25, -0.2) is 0 Å². The lowest BCUT2D eigenvalue weighted by molar-refractivity contribution is -0.127. The van der Waals surface area contributed by atoms with Crippen LogP contribution in [0.2, 0.25) is 5.02 Å². The average Bonchev–Trinajstić information content (AvgIpc) is 3.14. The molecule has 0 aromatic heterocycles. The van der Waals surface area contributed by atoms with Gasteiger partial charge in [-0.3, -0.25) is 9.59 Å². The molecular weight excluding hydrogens is 280 g/mol. The molecule has 108 valence electrons. The summed E-state index contributed by atoms with van der Waals surface area (Å²) in [5, 5.41) is 3.16. The molecule has 0 atom stereocenters. The maximum absolute atomic E-state index is 12.0. The standard InChI is InChI=1S/C14H17ClN2O3/c1-2-20-12-9(4-3-5-10(12)15)8-11(18)17-14(6-7-14)13(16)19/h3-5H,2,6-8H2,1H3,(H2,16,19)(H,17,18). The molecule has 1 fully saturated rings. The molecule has 5 nitrogen and oxygen atoms in total. The summed E-state index contributed by atoms with van der Waals surface area (Å²) >= 11 is 6.06. The van der Waals surface area contributed by atoms with E-state index in [2.05, 4.69) is 5.32 Å². The summed E-state index contributed by atoms with van der Waals surface area (Å²) in [5.41, 5.74) is 5.12. The molecule has 2 amide bonds. The highest BCUT2D eigenvalue weighted by Crippen LogP contribution is 2.35. The van der Waals surface area contributed by atoms with Crippen molar-refractivity contribution in [2.75, 3.05) is 6.61 Å². The Kier molecular flexibility index (Phi) is 4.18. The third kappa shape index (κ3) is 3.04. The first kappa shape index (κ1) is 14.7. The molecule has 0 aliphatic heterocycles. The Morgan fingerprint density at radius 3 is 2.70 bits per heavy atom. The molecule has 1 aliphatic rings. The smallest absolute Gasteiger partial charge is 0.243 e. The zero-order chi connectivity index (χ0) is 14.8. The molecule has 0 spiro atoms. The fourth-order valence-corrected chi connectivity index (χ4v) is 2.29. The van der Waals surface area contributed by atoms with Crippen LogP contribution in [0.1, 0.15) is 25.3 Å². The molecule has 6 heteroatoms. The molecule has 3 N–H and O–H groups in total. The Balaban J connectivity index is 2.08. The Morgan fingerprint density at radius 1 is 1.45 bits per heavy atom. The molecular formula is C14H17ClN2O3. The Labute approximate surface area is 122 Å². The van der Waals surface area contributed by atoms with Crippen molar-refractivity contribution in [3.8, 4) is 5.75 Å². The predicted octanol–water partition coefficient (Wildman–Crippen LogP) is 1.42. The quantitative estimate of drug-likeness (QED) is 0.833. The third-order valence-electron chi connectivity index (χ3n) is 3.29. The minimum atomic E-state index is -0.846. The highest BCUT2D eigenvalue weighted by molar-refractivity contribution is 6.32. The Morgan fingerprint density at radius 2 is 2.15 bits per heavy atom. The zero-order valence-electron chi connectivity index (χ0n) is 11.2. The van der Waals surface area contributed by atoms with Crippen LogP contribution in [0, 0.1) is 0 Å². The third-order valence-corrected chi connectivity index (χ3v) is 3.59. The molecule has 0 saturated heterocycles. The second kappa shape index (κ2) is 5.71. The van der Waals surface area contributed by atoms with Crippen molar-refractivity contribution in [2.24, 2.45) is 5.73 Å². The molecule has 1 aliphatic carbocycles. The zero-order valence-corrected chi connectivity index (χ0v) is 12.0. The number of nitrogens with one attached hydrogen (secondary N) is 1. The van der Waals surface area contributed by atoms with Crippen molar-refractivity contribution in [3.63, 3.8) is 0 Å². The first-order valence-corrected chi connectivity index (χ1v) is 6.87. The molecule has 0 unspecified atom stereocenters. The number of carbonyl (C=O) groups is 2. The second-order valence-electron chi connectivity index (χ2n) is 4.83. The molecule has 1 aromatic rings. The lowest BCUT2D eigenvalue weighted by atomic mass is 10.1. The van der Waals surface area contributed by atoms with Crippen LogP contribution in [0.25, 0.3) is 0 Å². The molecule has 1 aromatic carbocycles. The van der Waals surface area contributed by atoms with E-state index in [0.717, 1.165) is 0 Å². The van der Waals surface area contributed by atoms with Crippen molar-refractivity contribution in [2.45, 2.75) is 31.7 Å². The van der Waals surface area contributed by atoms with Gasteiger partial charge in [0.25, 0.3) is 0 Å². The van der Waals surface area contributed by atoms with E-state index in [1.807, 2.05) is 6.92 Å². The number of benzene rings is 1. The number of hydrogen-bond acceptors (Lipinski definition) is 3. The van der Waals surface area contributed by atoms with Gasteiger partial charge in [0, 0.05) is 5.56 Å². The lowest BCUT2D eigenvalue weighted by Crippen LogP contribution is -2.47. The maximum Gasteiger partial charge on any atom is 0.243 e. The second-order valence-corrected chi connectivity index (χ2v) is 5.24. The SMILES string of the molecule is CCOc1c(Cl)cccc1CC(=O)NC1(C(N)=O)CC1. The van der Waals surface area contributed by atoms with Gasteiger partial charge >= 0.3 is 0 Å². The summed E-state index contributed by atoms with van der Waals surface area (Å²) in [5.74, 6) is -0.234. The first-order valence-electron chi connectivity index (χ1n) is 6.49. The van der Waals surface area contributed by atoms with Crippen molar-refractivity contribution in [1.29, 1.82) is 0 Å². The van der Waals surface area contributed by atoms with E-state index >= 15 is 0 Å². The molecule has 1 saturated carbocycles. The number of amides is 2. The summed E-state index contributed by atoms with van der Waals surface area (Å²) in [7, 11) is 0. The normalized spacial score (nSPS) is 15.5. The summed E-state index contributed by atoms with van der Waals surface area (Å²) in [6, 6.07) is 5.24. The van der Waals surface area contributed by atoms with Gasteiger partial charge in [0.1, 0.15) is 11.3 Å². The van der Waals surface area contributed by atoms with Gasteiger partial charge in [0.05, 0.1) is 18.1 Å². The molecule has 0 heterocycles. The van der Waals surface area contributed by atoms with E-state index in [-0.39, 0.29) is 12.3 Å². The maximum atomic E-state index is 12.0. The van der Waals surface area contributed by atoms with Crippen LogP contribution in [0.15, 0.2) is 18.2 Å². The van der Waals surface area contributed by atoms with Crippen LogP contribution in [-0.2, 0) is 16.0 Å². The summed E-state index contributed by atoms with van der Waals surface area (Å²) in [6.45, 7) is 2.31. The van der Waals surface area contributed by atoms with Crippen molar-refractivity contribution in [1.82, 2.24) is 5.32 Å². The highest BCUT2D eigenvalue weighted by Gasteiger charge is 2.49. The molecule has 0 radical (unpaired) electrons. The topological polar surface area (TPSA) is 81.4 Å².